The highest BCUT2D eigenvalue weighted by molar-refractivity contribution is 7.89. The van der Waals surface area contributed by atoms with Crippen molar-refractivity contribution in [2.24, 2.45) is 4.99 Å². The van der Waals surface area contributed by atoms with Crippen molar-refractivity contribution in [1.29, 1.82) is 0 Å². The Hall–Kier alpha value is -1.67. The monoisotopic (exact) mass is 302 g/mol. The molecule has 0 fully saturated rings. The summed E-state index contributed by atoms with van der Waals surface area (Å²) in [7, 11) is 1.21. The van der Waals surface area contributed by atoms with Gasteiger partial charge in [0.1, 0.15) is 5.82 Å². The van der Waals surface area contributed by atoms with Crippen molar-refractivity contribution in [1.82, 2.24) is 14.9 Å². The minimum absolute atomic E-state index is 0.0689. The molecular weight excluding hydrogens is 283 g/mol. The molecule has 6 nitrogen and oxygen atoms in total. The molecule has 0 heterocycles. The highest BCUT2D eigenvalue weighted by Crippen LogP contribution is 2.14. The minimum atomic E-state index is -3.60. The lowest BCUT2D eigenvalue weighted by molar-refractivity contribution is 0.470. The van der Waals surface area contributed by atoms with Crippen molar-refractivity contribution in [3.8, 4) is 0 Å². The fraction of sp³-hybridized carbons (Fsp3) is 0.417. The summed E-state index contributed by atoms with van der Waals surface area (Å²) in [5, 5.41) is 5.79. The molecule has 8 heteroatoms. The quantitative estimate of drug-likeness (QED) is 0.604. The molecule has 0 bridgehead atoms. The summed E-state index contributed by atoms with van der Waals surface area (Å²) < 4.78 is 38.4. The molecule has 112 valence electrons. The molecule has 2 N–H and O–H groups in total. The molecule has 1 rings (SSSR count). The maximum absolute atomic E-state index is 12.8. The predicted molar refractivity (Wildman–Crippen MR) is 76.6 cm³/mol. The van der Waals surface area contributed by atoms with Gasteiger partial charge in [0.2, 0.25) is 10.0 Å². The van der Waals surface area contributed by atoms with Crippen molar-refractivity contribution < 1.29 is 12.8 Å². The number of nitrogens with one attached hydrogen (secondary N) is 2. The molecule has 0 amide bonds. The summed E-state index contributed by atoms with van der Waals surface area (Å²) >= 11 is 0. The zero-order chi connectivity index (χ0) is 15.2. The number of rotatable bonds is 5. The van der Waals surface area contributed by atoms with Gasteiger partial charge in [-0.05, 0) is 24.3 Å². The molecule has 0 aliphatic rings. The molecule has 0 radical (unpaired) electrons. The van der Waals surface area contributed by atoms with E-state index in [0.29, 0.717) is 12.5 Å². The Morgan fingerprint density at radius 2 is 1.95 bits per heavy atom. The van der Waals surface area contributed by atoms with Crippen LogP contribution < -0.4 is 10.6 Å². The van der Waals surface area contributed by atoms with E-state index >= 15 is 0 Å². The lowest BCUT2D eigenvalue weighted by Crippen LogP contribution is -2.40. The molecule has 0 atom stereocenters. The number of hydrogen-bond acceptors (Lipinski definition) is 3. The Morgan fingerprint density at radius 3 is 2.45 bits per heavy atom. The second kappa shape index (κ2) is 7.20. The van der Waals surface area contributed by atoms with E-state index in [-0.39, 0.29) is 11.4 Å². The van der Waals surface area contributed by atoms with Gasteiger partial charge in [-0.25, -0.2) is 12.8 Å². The Morgan fingerprint density at radius 1 is 1.35 bits per heavy atom. The average Bonchev–Trinajstić information content (AvgIpc) is 2.43. The third-order valence-electron chi connectivity index (χ3n) is 2.70. The van der Waals surface area contributed by atoms with E-state index in [1.54, 1.807) is 14.1 Å². The second-order valence-electron chi connectivity index (χ2n) is 4.03. The molecule has 20 heavy (non-hydrogen) atoms. The van der Waals surface area contributed by atoms with Crippen LogP contribution in [0.5, 0.6) is 0 Å². The smallest absolute Gasteiger partial charge is 0.242 e. The molecule has 0 saturated carbocycles. The van der Waals surface area contributed by atoms with Crippen LogP contribution in [-0.4, -0.2) is 52.9 Å². The van der Waals surface area contributed by atoms with Crippen LogP contribution in [0.4, 0.5) is 4.39 Å². The molecule has 0 saturated heterocycles. The first-order valence-electron chi connectivity index (χ1n) is 6.02. The Bertz CT molecular complexity index is 557. The maximum Gasteiger partial charge on any atom is 0.242 e. The van der Waals surface area contributed by atoms with Crippen LogP contribution in [0.1, 0.15) is 0 Å². The van der Waals surface area contributed by atoms with Crippen LogP contribution in [0, 0.1) is 5.82 Å². The van der Waals surface area contributed by atoms with E-state index in [9.17, 15) is 12.8 Å². The summed E-state index contributed by atoms with van der Waals surface area (Å²) in [5.74, 6) is 0.115. The second-order valence-corrected chi connectivity index (χ2v) is 6.07. The standard InChI is InChI=1S/C12H19FN4O2S/c1-14-12(15-2)16-8-9-17(3)20(18,19)11-6-4-10(13)5-7-11/h4-7H,8-9H2,1-3H3,(H2,14,15,16). The molecular formula is C12H19FN4O2S. The van der Waals surface area contributed by atoms with Gasteiger partial charge in [-0.2, -0.15) is 4.31 Å². The third-order valence-corrected chi connectivity index (χ3v) is 4.57. The van der Waals surface area contributed by atoms with E-state index in [0.717, 1.165) is 12.1 Å². The van der Waals surface area contributed by atoms with Crippen LogP contribution in [0.15, 0.2) is 34.2 Å². The van der Waals surface area contributed by atoms with Gasteiger partial charge in [0.25, 0.3) is 0 Å². The van der Waals surface area contributed by atoms with Gasteiger partial charge in [0.15, 0.2) is 5.96 Å². The SMILES string of the molecule is CN=C(NC)NCCN(C)S(=O)(=O)c1ccc(F)cc1. The fourth-order valence-electron chi connectivity index (χ4n) is 1.52. The zero-order valence-electron chi connectivity index (χ0n) is 11.7. The highest BCUT2D eigenvalue weighted by atomic mass is 32.2. The molecule has 0 aliphatic carbocycles. The Labute approximate surface area is 118 Å². The van der Waals surface area contributed by atoms with E-state index < -0.39 is 15.8 Å². The number of hydrogen-bond donors (Lipinski definition) is 2. The van der Waals surface area contributed by atoms with Gasteiger partial charge < -0.3 is 10.6 Å². The third kappa shape index (κ3) is 4.17. The highest BCUT2D eigenvalue weighted by Gasteiger charge is 2.20. The van der Waals surface area contributed by atoms with Gasteiger partial charge in [-0.3, -0.25) is 4.99 Å². The van der Waals surface area contributed by atoms with Gasteiger partial charge in [0.05, 0.1) is 4.90 Å². The van der Waals surface area contributed by atoms with Crippen molar-refractivity contribution in [3.05, 3.63) is 30.1 Å². The summed E-state index contributed by atoms with van der Waals surface area (Å²) in [6.45, 7) is 0.671. The number of nitrogens with zero attached hydrogens (tertiary/aromatic N) is 2. The van der Waals surface area contributed by atoms with Crippen molar-refractivity contribution in [3.63, 3.8) is 0 Å². The van der Waals surface area contributed by atoms with Gasteiger partial charge in [-0.1, -0.05) is 0 Å². The van der Waals surface area contributed by atoms with Crippen molar-refractivity contribution in [2.45, 2.75) is 4.90 Å². The molecule has 0 unspecified atom stereocenters. The first-order valence-corrected chi connectivity index (χ1v) is 7.46. The van der Waals surface area contributed by atoms with E-state index in [1.165, 1.54) is 23.5 Å². The topological polar surface area (TPSA) is 73.8 Å². The number of aliphatic imine (C=N–C) groups is 1. The molecule has 0 aromatic heterocycles. The van der Waals surface area contributed by atoms with E-state index in [2.05, 4.69) is 15.6 Å². The van der Waals surface area contributed by atoms with Crippen molar-refractivity contribution in [2.75, 3.05) is 34.2 Å². The Kier molecular flexibility index (Phi) is 5.90. The van der Waals surface area contributed by atoms with E-state index in [1.807, 2.05) is 0 Å². The van der Waals surface area contributed by atoms with Crippen molar-refractivity contribution >= 4 is 16.0 Å². The van der Waals surface area contributed by atoms with Crippen LogP contribution in [0.3, 0.4) is 0 Å². The van der Waals surface area contributed by atoms with Gasteiger partial charge in [0, 0.05) is 34.2 Å². The molecule has 0 spiro atoms. The average molecular weight is 302 g/mol. The van der Waals surface area contributed by atoms with Crippen LogP contribution in [-0.2, 0) is 10.0 Å². The van der Waals surface area contributed by atoms with Crippen LogP contribution in [0.25, 0.3) is 0 Å². The normalized spacial score (nSPS) is 12.6. The van der Waals surface area contributed by atoms with Crippen LogP contribution in [0.2, 0.25) is 0 Å². The number of benzene rings is 1. The van der Waals surface area contributed by atoms with Gasteiger partial charge in [-0.15, -0.1) is 0 Å². The molecule has 0 aliphatic heterocycles. The number of guanidine groups is 1. The number of halogens is 1. The predicted octanol–water partition coefficient (Wildman–Crippen LogP) is 0.241. The first-order chi connectivity index (χ1) is 9.41. The summed E-state index contributed by atoms with van der Waals surface area (Å²) in [4.78, 5) is 3.99. The zero-order valence-corrected chi connectivity index (χ0v) is 12.5. The lowest BCUT2D eigenvalue weighted by atomic mass is 10.4. The summed E-state index contributed by atoms with van der Waals surface area (Å²) in [6, 6.07) is 4.76. The molecule has 1 aromatic rings. The number of sulfonamides is 1. The summed E-state index contributed by atoms with van der Waals surface area (Å²) in [6.07, 6.45) is 0. The molecule has 1 aromatic carbocycles. The Balaban J connectivity index is 2.66. The number of likely N-dealkylation sites (N-methyl/N-ethyl adjacent to an activating group) is 1. The lowest BCUT2D eigenvalue weighted by Gasteiger charge is -2.18. The maximum atomic E-state index is 12.8. The largest absolute Gasteiger partial charge is 0.359 e. The fourth-order valence-corrected chi connectivity index (χ4v) is 2.69. The van der Waals surface area contributed by atoms with Crippen LogP contribution >= 0.6 is 0 Å². The van der Waals surface area contributed by atoms with Gasteiger partial charge >= 0.3 is 0 Å². The first kappa shape index (κ1) is 16.4. The summed E-state index contributed by atoms with van der Waals surface area (Å²) in [5.41, 5.74) is 0. The van der Waals surface area contributed by atoms with E-state index in [4.69, 9.17) is 0 Å². The minimum Gasteiger partial charge on any atom is -0.359 e.